The summed E-state index contributed by atoms with van der Waals surface area (Å²) in [5, 5.41) is 8.45. The summed E-state index contributed by atoms with van der Waals surface area (Å²) in [6.07, 6.45) is -2.43. The summed E-state index contributed by atoms with van der Waals surface area (Å²) in [6, 6.07) is 3.23. The van der Waals surface area contributed by atoms with Crippen molar-refractivity contribution >= 4 is 38.5 Å². The Balaban J connectivity index is 3.18. The van der Waals surface area contributed by atoms with Crippen molar-refractivity contribution in [3.8, 4) is 6.07 Å². The third-order valence-electron chi connectivity index (χ3n) is 1.51. The molecule has 0 bridgehead atoms. The van der Waals surface area contributed by atoms with Crippen molar-refractivity contribution < 1.29 is 8.78 Å². The predicted octanol–water partition coefficient (Wildman–Crippen LogP) is 3.45. The Morgan fingerprint density at radius 2 is 2.29 bits per heavy atom. The molecule has 0 aliphatic heterocycles. The van der Waals surface area contributed by atoms with Gasteiger partial charge in [-0.05, 0) is 44.6 Å². The Morgan fingerprint density at radius 1 is 1.64 bits per heavy atom. The summed E-state index contributed by atoms with van der Waals surface area (Å²) in [5.41, 5.74) is 0.375. The molecule has 74 valence electrons. The van der Waals surface area contributed by atoms with Crippen LogP contribution < -0.4 is 0 Å². The molecule has 0 aliphatic carbocycles. The third-order valence-corrected chi connectivity index (χ3v) is 3.06. The molecule has 0 saturated carbocycles. The van der Waals surface area contributed by atoms with Gasteiger partial charge in [0.1, 0.15) is 3.70 Å². The van der Waals surface area contributed by atoms with E-state index in [4.69, 9.17) is 5.26 Å². The van der Waals surface area contributed by atoms with Crippen molar-refractivity contribution in [2.24, 2.45) is 0 Å². The van der Waals surface area contributed by atoms with E-state index in [0.29, 0.717) is 10.2 Å². The van der Waals surface area contributed by atoms with E-state index in [9.17, 15) is 8.78 Å². The highest BCUT2D eigenvalue weighted by Crippen LogP contribution is 2.27. The second-order valence-electron chi connectivity index (χ2n) is 2.43. The Bertz CT molecular complexity index is 390. The van der Waals surface area contributed by atoms with Gasteiger partial charge in [-0.25, -0.2) is 13.8 Å². The first kappa shape index (κ1) is 11.8. The molecule has 0 atom stereocenters. The lowest BCUT2D eigenvalue weighted by Crippen LogP contribution is -1.99. The summed E-state index contributed by atoms with van der Waals surface area (Å²) in [6.45, 7) is 0. The van der Waals surface area contributed by atoms with Gasteiger partial charge in [0.15, 0.2) is 0 Å². The van der Waals surface area contributed by atoms with E-state index in [1.54, 1.807) is 22.6 Å². The summed E-state index contributed by atoms with van der Waals surface area (Å²) in [5.74, 6) is 0. The van der Waals surface area contributed by atoms with Crippen LogP contribution in [-0.2, 0) is 6.42 Å². The number of halogens is 4. The zero-order chi connectivity index (χ0) is 10.7. The average molecular weight is 373 g/mol. The third kappa shape index (κ3) is 2.60. The normalized spacial score (nSPS) is 10.3. The smallest absolute Gasteiger partial charge is 0.244 e. The Hall–Kier alpha value is -0.290. The van der Waals surface area contributed by atoms with Gasteiger partial charge in [0.05, 0.1) is 23.7 Å². The summed E-state index contributed by atoms with van der Waals surface area (Å²) in [7, 11) is 0. The van der Waals surface area contributed by atoms with Gasteiger partial charge in [0.25, 0.3) is 6.43 Å². The molecule has 0 radical (unpaired) electrons. The first-order valence-electron chi connectivity index (χ1n) is 3.56. The number of nitriles is 1. The Labute approximate surface area is 102 Å². The molecule has 0 N–H and O–H groups in total. The zero-order valence-corrected chi connectivity index (χ0v) is 10.5. The van der Waals surface area contributed by atoms with Crippen LogP contribution in [0.1, 0.15) is 17.7 Å². The number of nitrogens with zero attached hydrogens (tertiary/aromatic N) is 2. The van der Waals surface area contributed by atoms with Gasteiger partial charge >= 0.3 is 0 Å². The van der Waals surface area contributed by atoms with E-state index in [0.717, 1.165) is 0 Å². The van der Waals surface area contributed by atoms with Crippen LogP contribution in [0.25, 0.3) is 0 Å². The van der Waals surface area contributed by atoms with E-state index in [1.165, 1.54) is 6.07 Å². The number of aromatic nitrogens is 1. The average Bonchev–Trinajstić information content (AvgIpc) is 2.10. The van der Waals surface area contributed by atoms with Crippen molar-refractivity contribution in [2.45, 2.75) is 12.8 Å². The van der Waals surface area contributed by atoms with E-state index in [1.807, 2.05) is 6.07 Å². The van der Waals surface area contributed by atoms with Crippen LogP contribution in [0.5, 0.6) is 0 Å². The first-order chi connectivity index (χ1) is 6.56. The highest BCUT2D eigenvalue weighted by molar-refractivity contribution is 14.1. The SMILES string of the molecule is N#CCc1nc(I)c(C(F)F)cc1Br. The standard InChI is InChI=1S/C8H4BrF2IN2/c9-5-3-4(7(10)11)8(12)14-6(5)1-2-13/h3,7H,1H2. The molecule has 2 nitrogen and oxygen atoms in total. The number of hydrogen-bond donors (Lipinski definition) is 0. The van der Waals surface area contributed by atoms with Crippen LogP contribution in [-0.4, -0.2) is 4.98 Å². The lowest BCUT2D eigenvalue weighted by atomic mass is 10.2. The first-order valence-corrected chi connectivity index (χ1v) is 5.43. The molecule has 6 heteroatoms. The molecule has 1 aromatic heterocycles. The predicted molar refractivity (Wildman–Crippen MR) is 58.9 cm³/mol. The van der Waals surface area contributed by atoms with Gasteiger partial charge < -0.3 is 0 Å². The summed E-state index contributed by atoms with van der Waals surface area (Å²) >= 11 is 4.84. The van der Waals surface area contributed by atoms with Gasteiger partial charge in [-0.2, -0.15) is 5.26 Å². The molecule has 0 fully saturated rings. The van der Waals surface area contributed by atoms with Crippen molar-refractivity contribution in [1.82, 2.24) is 4.98 Å². The minimum Gasteiger partial charge on any atom is -0.244 e. The second-order valence-corrected chi connectivity index (χ2v) is 4.31. The van der Waals surface area contributed by atoms with Gasteiger partial charge in [-0.1, -0.05) is 0 Å². The van der Waals surface area contributed by atoms with E-state index in [-0.39, 0.29) is 15.7 Å². The van der Waals surface area contributed by atoms with Crippen molar-refractivity contribution in [3.05, 3.63) is 25.5 Å². The van der Waals surface area contributed by atoms with Crippen LogP contribution in [0, 0.1) is 15.0 Å². The Morgan fingerprint density at radius 3 is 2.79 bits per heavy atom. The maximum absolute atomic E-state index is 12.4. The van der Waals surface area contributed by atoms with E-state index in [2.05, 4.69) is 20.9 Å². The van der Waals surface area contributed by atoms with Crippen molar-refractivity contribution in [3.63, 3.8) is 0 Å². The molecular formula is C8H4BrF2IN2. The van der Waals surface area contributed by atoms with Crippen LogP contribution in [0.4, 0.5) is 8.78 Å². The highest BCUT2D eigenvalue weighted by atomic mass is 127. The molecule has 0 spiro atoms. The number of pyridine rings is 1. The van der Waals surface area contributed by atoms with E-state index >= 15 is 0 Å². The molecule has 1 aromatic rings. The van der Waals surface area contributed by atoms with Crippen LogP contribution in [0.3, 0.4) is 0 Å². The second kappa shape index (κ2) is 4.98. The Kier molecular flexibility index (Phi) is 4.19. The quantitative estimate of drug-likeness (QED) is 0.589. The van der Waals surface area contributed by atoms with Crippen molar-refractivity contribution in [2.75, 3.05) is 0 Å². The topological polar surface area (TPSA) is 36.7 Å². The molecule has 0 aromatic carbocycles. The molecule has 1 rings (SSSR count). The molecule has 0 saturated heterocycles. The van der Waals surface area contributed by atoms with E-state index < -0.39 is 6.43 Å². The lowest BCUT2D eigenvalue weighted by molar-refractivity contribution is 0.149. The minimum atomic E-state index is -2.54. The maximum Gasteiger partial charge on any atom is 0.266 e. The number of rotatable bonds is 2. The summed E-state index contributed by atoms with van der Waals surface area (Å²) in [4.78, 5) is 3.92. The molecule has 0 unspecified atom stereocenters. The number of alkyl halides is 2. The molecular weight excluding hydrogens is 369 g/mol. The lowest BCUT2D eigenvalue weighted by Gasteiger charge is -2.06. The molecule has 14 heavy (non-hydrogen) atoms. The minimum absolute atomic E-state index is 0.111. The highest BCUT2D eigenvalue weighted by Gasteiger charge is 2.15. The fourth-order valence-corrected chi connectivity index (χ4v) is 2.03. The van der Waals surface area contributed by atoms with Crippen LogP contribution >= 0.6 is 38.5 Å². The van der Waals surface area contributed by atoms with Gasteiger partial charge in [-0.3, -0.25) is 0 Å². The molecule has 0 amide bonds. The number of hydrogen-bond acceptors (Lipinski definition) is 2. The van der Waals surface area contributed by atoms with Gasteiger partial charge in [0.2, 0.25) is 0 Å². The fraction of sp³-hybridized carbons (Fsp3) is 0.250. The van der Waals surface area contributed by atoms with Crippen LogP contribution in [0.2, 0.25) is 0 Å². The monoisotopic (exact) mass is 372 g/mol. The van der Waals surface area contributed by atoms with Crippen molar-refractivity contribution in [1.29, 1.82) is 5.26 Å². The summed E-state index contributed by atoms with van der Waals surface area (Å²) < 4.78 is 25.5. The van der Waals surface area contributed by atoms with Crippen LogP contribution in [0.15, 0.2) is 10.5 Å². The maximum atomic E-state index is 12.4. The molecule has 0 aliphatic rings. The van der Waals surface area contributed by atoms with Gasteiger partial charge in [-0.15, -0.1) is 0 Å². The molecule has 1 heterocycles. The largest absolute Gasteiger partial charge is 0.266 e. The van der Waals surface area contributed by atoms with Gasteiger partial charge in [0, 0.05) is 4.47 Å². The fourth-order valence-electron chi connectivity index (χ4n) is 0.868. The zero-order valence-electron chi connectivity index (χ0n) is 6.77.